The van der Waals surface area contributed by atoms with E-state index in [-0.39, 0.29) is 17.9 Å². The van der Waals surface area contributed by atoms with Crippen molar-refractivity contribution in [2.24, 2.45) is 5.10 Å². The van der Waals surface area contributed by atoms with Crippen LogP contribution in [-0.4, -0.2) is 26.8 Å². The maximum atomic E-state index is 12.3. The first-order chi connectivity index (χ1) is 13.4. The summed E-state index contributed by atoms with van der Waals surface area (Å²) in [7, 11) is 0. The molecule has 1 heterocycles. The molecule has 0 saturated carbocycles. The third kappa shape index (κ3) is 5.11. The van der Waals surface area contributed by atoms with Crippen molar-refractivity contribution in [1.29, 1.82) is 0 Å². The SMILES string of the molecule is O=C(N/N=C/c1cccc(Br)c1)c1nn(Cc2cccc(Br)c2)cc1[N+](=O)[O-]. The van der Waals surface area contributed by atoms with Gasteiger partial charge in [-0.1, -0.05) is 56.1 Å². The van der Waals surface area contributed by atoms with E-state index in [1.807, 2.05) is 42.5 Å². The van der Waals surface area contributed by atoms with E-state index in [1.165, 1.54) is 17.1 Å². The lowest BCUT2D eigenvalue weighted by Crippen LogP contribution is -2.19. The molecule has 1 N–H and O–H groups in total. The maximum Gasteiger partial charge on any atom is 0.320 e. The molecule has 1 amide bonds. The summed E-state index contributed by atoms with van der Waals surface area (Å²) in [6, 6.07) is 14.7. The number of aromatic nitrogens is 2. The van der Waals surface area contributed by atoms with Crippen LogP contribution in [0.2, 0.25) is 0 Å². The van der Waals surface area contributed by atoms with Gasteiger partial charge >= 0.3 is 5.69 Å². The Balaban J connectivity index is 1.77. The number of nitrogens with zero attached hydrogens (tertiary/aromatic N) is 4. The van der Waals surface area contributed by atoms with Gasteiger partial charge in [-0.2, -0.15) is 10.2 Å². The van der Waals surface area contributed by atoms with E-state index >= 15 is 0 Å². The average molecular weight is 507 g/mol. The number of halogens is 2. The zero-order chi connectivity index (χ0) is 20.1. The summed E-state index contributed by atoms with van der Waals surface area (Å²) < 4.78 is 3.10. The molecule has 0 spiro atoms. The molecule has 0 radical (unpaired) electrons. The van der Waals surface area contributed by atoms with Crippen LogP contribution in [0.3, 0.4) is 0 Å². The van der Waals surface area contributed by atoms with Gasteiger partial charge in [-0.25, -0.2) is 5.43 Å². The van der Waals surface area contributed by atoms with Crippen LogP contribution in [-0.2, 0) is 6.54 Å². The van der Waals surface area contributed by atoms with Crippen molar-refractivity contribution in [2.75, 3.05) is 0 Å². The molecule has 3 aromatic rings. The molecule has 8 nitrogen and oxygen atoms in total. The van der Waals surface area contributed by atoms with Gasteiger partial charge in [0.1, 0.15) is 6.20 Å². The van der Waals surface area contributed by atoms with Gasteiger partial charge in [-0.15, -0.1) is 0 Å². The van der Waals surface area contributed by atoms with Gasteiger partial charge in [0, 0.05) is 8.95 Å². The Morgan fingerprint density at radius 2 is 1.93 bits per heavy atom. The quantitative estimate of drug-likeness (QED) is 0.308. The van der Waals surface area contributed by atoms with E-state index in [4.69, 9.17) is 0 Å². The second kappa shape index (κ2) is 8.89. The maximum absolute atomic E-state index is 12.3. The minimum Gasteiger partial charge on any atom is -0.265 e. The Labute approximate surface area is 176 Å². The van der Waals surface area contributed by atoms with E-state index in [2.05, 4.69) is 47.5 Å². The molecule has 0 fully saturated rings. The van der Waals surface area contributed by atoms with E-state index in [0.29, 0.717) is 0 Å². The average Bonchev–Trinajstić information content (AvgIpc) is 3.06. The van der Waals surface area contributed by atoms with Crippen molar-refractivity contribution in [3.63, 3.8) is 0 Å². The highest BCUT2D eigenvalue weighted by molar-refractivity contribution is 9.10. The topological polar surface area (TPSA) is 102 Å². The van der Waals surface area contributed by atoms with Crippen LogP contribution >= 0.6 is 31.9 Å². The molecule has 0 unspecified atom stereocenters. The molecule has 3 rings (SSSR count). The summed E-state index contributed by atoms with van der Waals surface area (Å²) in [5.74, 6) is -0.758. The number of nitro groups is 1. The summed E-state index contributed by atoms with van der Waals surface area (Å²) in [6.45, 7) is 0.287. The van der Waals surface area contributed by atoms with Crippen LogP contribution in [0.1, 0.15) is 21.6 Å². The molecule has 0 saturated heterocycles. The van der Waals surface area contributed by atoms with Crippen molar-refractivity contribution < 1.29 is 9.72 Å². The molecule has 0 bridgehead atoms. The van der Waals surface area contributed by atoms with E-state index in [9.17, 15) is 14.9 Å². The molecule has 0 aliphatic carbocycles. The van der Waals surface area contributed by atoms with Gasteiger partial charge in [-0.05, 0) is 35.4 Å². The number of hydrogen-bond donors (Lipinski definition) is 1. The Morgan fingerprint density at radius 1 is 1.21 bits per heavy atom. The molecular weight excluding hydrogens is 494 g/mol. The molecule has 28 heavy (non-hydrogen) atoms. The highest BCUT2D eigenvalue weighted by Gasteiger charge is 2.25. The van der Waals surface area contributed by atoms with Crippen LogP contribution in [0.15, 0.2) is 68.8 Å². The first-order valence-corrected chi connectivity index (χ1v) is 9.56. The van der Waals surface area contributed by atoms with Gasteiger partial charge < -0.3 is 0 Å². The summed E-state index contributed by atoms with van der Waals surface area (Å²) in [4.78, 5) is 23.0. The fourth-order valence-corrected chi connectivity index (χ4v) is 3.28. The Hall–Kier alpha value is -2.85. The van der Waals surface area contributed by atoms with Crippen LogP contribution in [0.5, 0.6) is 0 Å². The van der Waals surface area contributed by atoms with E-state index in [0.717, 1.165) is 20.1 Å². The largest absolute Gasteiger partial charge is 0.320 e. The van der Waals surface area contributed by atoms with Gasteiger partial charge in [0.05, 0.1) is 17.7 Å². The molecule has 2 aromatic carbocycles. The minimum absolute atomic E-state index is 0.287. The number of hydrogen-bond acceptors (Lipinski definition) is 5. The molecule has 10 heteroatoms. The monoisotopic (exact) mass is 505 g/mol. The van der Waals surface area contributed by atoms with Crippen LogP contribution in [0.4, 0.5) is 5.69 Å². The number of carbonyl (C=O) groups excluding carboxylic acids is 1. The summed E-state index contributed by atoms with van der Waals surface area (Å²) in [5.41, 5.74) is 3.23. The predicted molar refractivity (Wildman–Crippen MR) is 111 cm³/mol. The number of nitrogens with one attached hydrogen (secondary N) is 1. The smallest absolute Gasteiger partial charge is 0.265 e. The highest BCUT2D eigenvalue weighted by Crippen LogP contribution is 2.19. The number of amides is 1. The number of rotatable bonds is 6. The van der Waals surface area contributed by atoms with Gasteiger partial charge in [0.2, 0.25) is 5.69 Å². The van der Waals surface area contributed by atoms with Crippen molar-refractivity contribution in [1.82, 2.24) is 15.2 Å². The molecule has 0 aliphatic heterocycles. The Morgan fingerprint density at radius 3 is 2.61 bits per heavy atom. The lowest BCUT2D eigenvalue weighted by atomic mass is 10.2. The lowest BCUT2D eigenvalue weighted by molar-refractivity contribution is -0.385. The van der Waals surface area contributed by atoms with Crippen LogP contribution in [0, 0.1) is 10.1 Å². The molecule has 0 atom stereocenters. The first kappa shape index (κ1) is 19.9. The first-order valence-electron chi connectivity index (χ1n) is 7.97. The second-order valence-corrected chi connectivity index (χ2v) is 7.53. The Bertz CT molecular complexity index is 1060. The zero-order valence-corrected chi connectivity index (χ0v) is 17.4. The van der Waals surface area contributed by atoms with Crippen LogP contribution in [0.25, 0.3) is 0 Å². The normalized spacial score (nSPS) is 10.9. The summed E-state index contributed by atoms with van der Waals surface area (Å²) in [5, 5.41) is 19.2. The zero-order valence-electron chi connectivity index (χ0n) is 14.3. The van der Waals surface area contributed by atoms with Crippen molar-refractivity contribution in [2.45, 2.75) is 6.54 Å². The minimum atomic E-state index is -0.758. The third-order valence-corrected chi connectivity index (χ3v) is 4.60. The third-order valence-electron chi connectivity index (χ3n) is 3.62. The predicted octanol–water partition coefficient (Wildman–Crippen LogP) is 4.13. The standard InChI is InChI=1S/C18H13Br2N5O3/c19-14-5-1-3-12(7-14)9-21-22-18(26)17-16(25(27)28)11-24(23-17)10-13-4-2-6-15(20)8-13/h1-9,11H,10H2,(H,22,26)/b21-9+. The Kier molecular flexibility index (Phi) is 6.32. The number of carbonyl (C=O) groups is 1. The lowest BCUT2D eigenvalue weighted by Gasteiger charge is -2.01. The van der Waals surface area contributed by atoms with E-state index < -0.39 is 10.8 Å². The summed E-state index contributed by atoms with van der Waals surface area (Å²) in [6.07, 6.45) is 2.67. The molecule has 1 aromatic heterocycles. The second-order valence-electron chi connectivity index (χ2n) is 5.70. The van der Waals surface area contributed by atoms with Crippen molar-refractivity contribution in [3.8, 4) is 0 Å². The van der Waals surface area contributed by atoms with Crippen LogP contribution < -0.4 is 5.43 Å². The number of hydrazone groups is 1. The fourth-order valence-electron chi connectivity index (χ4n) is 2.41. The molecule has 0 aliphatic rings. The van der Waals surface area contributed by atoms with Gasteiger partial charge in [-0.3, -0.25) is 19.6 Å². The van der Waals surface area contributed by atoms with Crippen molar-refractivity contribution >= 4 is 49.7 Å². The fraction of sp³-hybridized carbons (Fsp3) is 0.0556. The highest BCUT2D eigenvalue weighted by atomic mass is 79.9. The van der Waals surface area contributed by atoms with Crippen molar-refractivity contribution in [3.05, 3.63) is 90.6 Å². The molecule has 142 valence electrons. The number of benzene rings is 2. The molecular formula is C18H13Br2N5O3. The van der Waals surface area contributed by atoms with Gasteiger partial charge in [0.25, 0.3) is 5.91 Å². The van der Waals surface area contributed by atoms with E-state index in [1.54, 1.807) is 6.07 Å². The summed E-state index contributed by atoms with van der Waals surface area (Å²) >= 11 is 6.71. The van der Waals surface area contributed by atoms with Gasteiger partial charge in [0.15, 0.2) is 0 Å².